The lowest BCUT2D eigenvalue weighted by molar-refractivity contribution is -0.603. The zero-order valence-corrected chi connectivity index (χ0v) is 12.7. The van der Waals surface area contributed by atoms with Gasteiger partial charge in [0.2, 0.25) is 5.52 Å². The number of H-pyrrole nitrogens is 1. The molecule has 3 aromatic rings. The van der Waals surface area contributed by atoms with Gasteiger partial charge in [0.05, 0.1) is 24.9 Å². The van der Waals surface area contributed by atoms with Gasteiger partial charge in [0.1, 0.15) is 0 Å². The van der Waals surface area contributed by atoms with Crippen LogP contribution in [0.2, 0.25) is 0 Å². The molecule has 0 radical (unpaired) electrons. The van der Waals surface area contributed by atoms with Gasteiger partial charge in [0.25, 0.3) is 11.2 Å². The lowest BCUT2D eigenvalue weighted by atomic mass is 10.5. The van der Waals surface area contributed by atoms with Gasteiger partial charge in [-0.3, -0.25) is 13.9 Å². The number of fused-ring (bicyclic) bond motifs is 1. The average Bonchev–Trinajstić information content (AvgIpc) is 2.96. The van der Waals surface area contributed by atoms with E-state index in [1.54, 1.807) is 29.1 Å². The predicted molar refractivity (Wildman–Crippen MR) is 79.4 cm³/mol. The van der Waals surface area contributed by atoms with Crippen molar-refractivity contribution < 1.29 is 14.5 Å². The third-order valence-electron chi connectivity index (χ3n) is 3.21. The molecule has 0 bridgehead atoms. The molecule has 10 heteroatoms. The summed E-state index contributed by atoms with van der Waals surface area (Å²) < 4.78 is 3.34. The van der Waals surface area contributed by atoms with Crippen LogP contribution in [0.4, 0.5) is 0 Å². The van der Waals surface area contributed by atoms with Gasteiger partial charge in [-0.05, 0) is 17.1 Å². The summed E-state index contributed by atoms with van der Waals surface area (Å²) >= 11 is 0. The highest BCUT2D eigenvalue weighted by molar-refractivity contribution is 5.85. The first kappa shape index (κ1) is 16.4. The van der Waals surface area contributed by atoms with E-state index in [2.05, 4.69) is 9.97 Å². The van der Waals surface area contributed by atoms with Crippen LogP contribution in [0.25, 0.3) is 17.1 Å². The fourth-order valence-corrected chi connectivity index (χ4v) is 2.17. The number of pyridine rings is 1. The molecular formula is C13H12ClN5O4. The van der Waals surface area contributed by atoms with Crippen LogP contribution in [0.1, 0.15) is 0 Å². The predicted octanol–water partition coefficient (Wildman–Crippen LogP) is -2.13. The van der Waals surface area contributed by atoms with E-state index in [0.717, 1.165) is 4.57 Å². The van der Waals surface area contributed by atoms with E-state index in [-0.39, 0.29) is 23.6 Å². The molecule has 0 atom stereocenters. The molecule has 3 aromatic heterocycles. The van der Waals surface area contributed by atoms with Gasteiger partial charge in [-0.2, -0.15) is 0 Å². The number of imidazole rings is 1. The van der Waals surface area contributed by atoms with Crippen LogP contribution >= 0.6 is 12.4 Å². The number of hydrogen-bond donors (Lipinski definition) is 1. The van der Waals surface area contributed by atoms with E-state index in [4.69, 9.17) is 0 Å². The minimum absolute atomic E-state index is 0. The Balaban J connectivity index is 0.00000192. The molecule has 3 rings (SSSR count). The van der Waals surface area contributed by atoms with Crippen molar-refractivity contribution in [3.63, 3.8) is 0 Å². The smallest absolute Gasteiger partial charge is 0.403 e. The van der Waals surface area contributed by atoms with Crippen molar-refractivity contribution in [2.45, 2.75) is 6.54 Å². The minimum atomic E-state index is -1.52. The van der Waals surface area contributed by atoms with Crippen LogP contribution in [0.5, 0.6) is 0 Å². The van der Waals surface area contributed by atoms with Gasteiger partial charge in [-0.15, -0.1) is 12.4 Å². The van der Waals surface area contributed by atoms with Crippen LogP contribution in [0.15, 0.2) is 40.2 Å². The standard InChI is InChI=1S/C13H11N5O4.ClH/c1-16-10-9(11(21)18(13(16)22)7-8(19)20)14-12(15-10)17-5-3-2-4-6-17;/h2-6H,7H2,1H3,(H-,14,15,19,20,21);1H. The number of aromatic nitrogens is 5. The van der Waals surface area contributed by atoms with E-state index in [0.29, 0.717) is 10.5 Å². The van der Waals surface area contributed by atoms with Crippen molar-refractivity contribution in [2.24, 2.45) is 7.05 Å². The first-order chi connectivity index (χ1) is 10.5. The Morgan fingerprint density at radius 2 is 1.96 bits per heavy atom. The van der Waals surface area contributed by atoms with E-state index < -0.39 is 23.8 Å². The Labute approximate surface area is 134 Å². The highest BCUT2D eigenvalue weighted by atomic mass is 35.5. The van der Waals surface area contributed by atoms with Gasteiger partial charge in [0.15, 0.2) is 0 Å². The number of halogens is 1. The van der Waals surface area contributed by atoms with Crippen LogP contribution in [0.3, 0.4) is 0 Å². The summed E-state index contributed by atoms with van der Waals surface area (Å²) in [6.45, 7) is -0.811. The van der Waals surface area contributed by atoms with Crippen molar-refractivity contribution in [3.05, 3.63) is 51.4 Å². The number of nitrogens with zero attached hydrogens (tertiary/aromatic N) is 4. The minimum Gasteiger partial charge on any atom is -0.548 e. The van der Waals surface area contributed by atoms with Crippen molar-refractivity contribution in [1.82, 2.24) is 19.1 Å². The molecular weight excluding hydrogens is 326 g/mol. The number of carbonyl (C=O) groups excluding carboxylic acids is 1. The number of hydrogen-bond acceptors (Lipinski definition) is 5. The number of aliphatic carboxylic acids is 1. The lowest BCUT2D eigenvalue weighted by Gasteiger charge is -2.06. The third-order valence-corrected chi connectivity index (χ3v) is 3.21. The quantitative estimate of drug-likeness (QED) is 0.548. The van der Waals surface area contributed by atoms with E-state index in [1.165, 1.54) is 7.05 Å². The fourth-order valence-electron chi connectivity index (χ4n) is 2.17. The first-order valence-corrected chi connectivity index (χ1v) is 6.35. The number of carboxylic acids is 1. The third kappa shape index (κ3) is 2.73. The number of carbonyl (C=O) groups is 1. The Bertz CT molecular complexity index is 989. The molecule has 0 saturated carbocycles. The number of rotatable bonds is 3. The SMILES string of the molecule is Cl.Cn1c(=O)n(CC(=O)[O-])c(=O)c2[nH]c(-[n+]3ccccc3)nc21. The van der Waals surface area contributed by atoms with Crippen molar-refractivity contribution >= 4 is 29.5 Å². The summed E-state index contributed by atoms with van der Waals surface area (Å²) in [5.41, 5.74) is -1.32. The lowest BCUT2D eigenvalue weighted by Crippen LogP contribution is -2.43. The normalized spacial score (nSPS) is 10.5. The topological polar surface area (TPSA) is 117 Å². The number of carboxylic acid groups (broad SMARTS) is 1. The van der Waals surface area contributed by atoms with E-state index >= 15 is 0 Å². The molecule has 0 aromatic carbocycles. The molecule has 0 amide bonds. The zero-order valence-electron chi connectivity index (χ0n) is 11.9. The van der Waals surface area contributed by atoms with Crippen LogP contribution in [-0.4, -0.2) is 25.1 Å². The molecule has 3 heterocycles. The second kappa shape index (κ2) is 6.05. The maximum atomic E-state index is 12.3. The molecule has 23 heavy (non-hydrogen) atoms. The van der Waals surface area contributed by atoms with Crippen molar-refractivity contribution in [2.75, 3.05) is 0 Å². The van der Waals surface area contributed by atoms with Crippen LogP contribution in [0, 0.1) is 0 Å². The fraction of sp³-hybridized carbons (Fsp3) is 0.154. The summed E-state index contributed by atoms with van der Waals surface area (Å²) in [5.74, 6) is -1.18. The highest BCUT2D eigenvalue weighted by Crippen LogP contribution is 2.04. The summed E-state index contributed by atoms with van der Waals surface area (Å²) in [4.78, 5) is 42.0. The van der Waals surface area contributed by atoms with E-state index in [1.807, 2.05) is 6.07 Å². The Morgan fingerprint density at radius 1 is 1.30 bits per heavy atom. The molecule has 0 aliphatic rings. The van der Waals surface area contributed by atoms with Gasteiger partial charge >= 0.3 is 11.6 Å². The molecule has 0 fully saturated rings. The van der Waals surface area contributed by atoms with Crippen molar-refractivity contribution in [1.29, 1.82) is 0 Å². The molecule has 0 unspecified atom stereocenters. The summed E-state index contributed by atoms with van der Waals surface area (Å²) in [7, 11) is 1.41. The Morgan fingerprint density at radius 3 is 2.57 bits per heavy atom. The molecule has 1 N–H and O–H groups in total. The summed E-state index contributed by atoms with van der Waals surface area (Å²) in [5, 5.41) is 10.7. The maximum absolute atomic E-state index is 12.3. The van der Waals surface area contributed by atoms with Crippen molar-refractivity contribution in [3.8, 4) is 5.95 Å². The average molecular weight is 338 g/mol. The number of aromatic amines is 1. The van der Waals surface area contributed by atoms with Gasteiger partial charge in [-0.25, -0.2) is 14.3 Å². The number of aryl methyl sites for hydroxylation is 1. The summed E-state index contributed by atoms with van der Waals surface area (Å²) in [6.07, 6.45) is 3.44. The van der Waals surface area contributed by atoms with Gasteiger partial charge in [-0.1, -0.05) is 6.07 Å². The number of nitrogens with one attached hydrogen (secondary N) is 1. The molecule has 120 valence electrons. The maximum Gasteiger partial charge on any atom is 0.403 e. The largest absolute Gasteiger partial charge is 0.548 e. The Hall–Kier alpha value is -2.94. The van der Waals surface area contributed by atoms with Crippen LogP contribution < -0.4 is 20.9 Å². The molecule has 9 nitrogen and oxygen atoms in total. The van der Waals surface area contributed by atoms with E-state index in [9.17, 15) is 19.5 Å². The second-order valence-electron chi connectivity index (χ2n) is 4.65. The Kier molecular flexibility index (Phi) is 4.32. The monoisotopic (exact) mass is 337 g/mol. The van der Waals surface area contributed by atoms with Gasteiger partial charge in [0, 0.05) is 7.05 Å². The molecule has 0 aliphatic carbocycles. The van der Waals surface area contributed by atoms with Crippen LogP contribution in [-0.2, 0) is 18.4 Å². The highest BCUT2D eigenvalue weighted by Gasteiger charge is 2.22. The second-order valence-corrected chi connectivity index (χ2v) is 4.65. The first-order valence-electron chi connectivity index (χ1n) is 6.35. The molecule has 0 spiro atoms. The summed E-state index contributed by atoms with van der Waals surface area (Å²) in [6, 6.07) is 5.38. The zero-order chi connectivity index (χ0) is 15.9. The molecule has 0 saturated heterocycles. The van der Waals surface area contributed by atoms with Gasteiger partial charge < -0.3 is 9.90 Å². The molecule has 0 aliphatic heterocycles.